The number of anilines is 1. The van der Waals surface area contributed by atoms with Crippen LogP contribution in [-0.4, -0.2) is 13.2 Å². The predicted octanol–water partition coefficient (Wildman–Crippen LogP) is 5.90. The van der Waals surface area contributed by atoms with E-state index in [4.69, 9.17) is 21.1 Å². The molecule has 2 rings (SSSR count). The highest BCUT2D eigenvalue weighted by Gasteiger charge is 2.12. The number of rotatable bonds is 8. The van der Waals surface area contributed by atoms with Gasteiger partial charge in [-0.3, -0.25) is 0 Å². The van der Waals surface area contributed by atoms with Gasteiger partial charge in [-0.2, -0.15) is 0 Å². The summed E-state index contributed by atoms with van der Waals surface area (Å²) in [4.78, 5) is 0. The first-order valence-electron chi connectivity index (χ1n) is 7.71. The minimum atomic E-state index is 0.597. The van der Waals surface area contributed by atoms with E-state index in [1.165, 1.54) is 0 Å². The number of hydrogen-bond donors (Lipinski definition) is 1. The molecule has 0 aliphatic heterocycles. The van der Waals surface area contributed by atoms with Crippen molar-refractivity contribution in [2.45, 2.75) is 26.8 Å². The minimum absolute atomic E-state index is 0.597. The first-order valence-corrected chi connectivity index (χ1v) is 8.88. The van der Waals surface area contributed by atoms with Gasteiger partial charge in [0.25, 0.3) is 0 Å². The molecule has 5 heteroatoms. The average Bonchev–Trinajstić information content (AvgIpc) is 2.52. The van der Waals surface area contributed by atoms with Gasteiger partial charge in [-0.25, -0.2) is 0 Å². The number of nitrogens with one attached hydrogen (secondary N) is 1. The van der Waals surface area contributed by atoms with Crippen molar-refractivity contribution in [1.82, 2.24) is 0 Å². The second kappa shape index (κ2) is 9.04. The molecule has 0 heterocycles. The van der Waals surface area contributed by atoms with Gasteiger partial charge in [-0.05, 0) is 65.2 Å². The molecule has 0 unspecified atom stereocenters. The number of halogens is 2. The standard InChI is InChI=1S/C18H21BrClNO2/c1-3-8-23-18-16(19)9-13(10-17(18)22-4-2)12-21-15-7-5-6-14(20)11-15/h5-7,9-11,21H,3-4,8,12H2,1-2H3. The van der Waals surface area contributed by atoms with E-state index in [9.17, 15) is 0 Å². The first kappa shape index (κ1) is 18.0. The van der Waals surface area contributed by atoms with Crippen LogP contribution in [0.25, 0.3) is 0 Å². The summed E-state index contributed by atoms with van der Waals surface area (Å²) in [7, 11) is 0. The van der Waals surface area contributed by atoms with Gasteiger partial charge in [0, 0.05) is 17.3 Å². The predicted molar refractivity (Wildman–Crippen MR) is 99.9 cm³/mol. The van der Waals surface area contributed by atoms with E-state index in [0.29, 0.717) is 19.8 Å². The van der Waals surface area contributed by atoms with Crippen LogP contribution in [0.2, 0.25) is 5.02 Å². The Balaban J connectivity index is 2.15. The fraction of sp³-hybridized carbons (Fsp3) is 0.333. The van der Waals surface area contributed by atoms with Crippen molar-refractivity contribution in [3.63, 3.8) is 0 Å². The van der Waals surface area contributed by atoms with Gasteiger partial charge in [0.15, 0.2) is 11.5 Å². The highest BCUT2D eigenvalue weighted by atomic mass is 79.9. The fourth-order valence-corrected chi connectivity index (χ4v) is 2.93. The zero-order valence-electron chi connectivity index (χ0n) is 13.4. The lowest BCUT2D eigenvalue weighted by Crippen LogP contribution is -2.04. The maximum atomic E-state index is 6.00. The summed E-state index contributed by atoms with van der Waals surface area (Å²) in [5.74, 6) is 1.53. The molecule has 2 aromatic carbocycles. The molecule has 0 aliphatic rings. The Labute approximate surface area is 151 Å². The molecule has 3 nitrogen and oxygen atoms in total. The van der Waals surface area contributed by atoms with Crippen LogP contribution in [0.3, 0.4) is 0 Å². The number of hydrogen-bond acceptors (Lipinski definition) is 3. The van der Waals surface area contributed by atoms with Gasteiger partial charge in [-0.1, -0.05) is 24.6 Å². The normalized spacial score (nSPS) is 10.4. The summed E-state index contributed by atoms with van der Waals surface area (Å²) in [5.41, 5.74) is 2.09. The van der Waals surface area contributed by atoms with Gasteiger partial charge in [-0.15, -0.1) is 0 Å². The van der Waals surface area contributed by atoms with E-state index < -0.39 is 0 Å². The third-order valence-electron chi connectivity index (χ3n) is 3.14. The van der Waals surface area contributed by atoms with Crippen LogP contribution in [-0.2, 0) is 6.54 Å². The zero-order valence-corrected chi connectivity index (χ0v) is 15.7. The van der Waals surface area contributed by atoms with Crippen molar-refractivity contribution in [3.8, 4) is 11.5 Å². The van der Waals surface area contributed by atoms with E-state index >= 15 is 0 Å². The van der Waals surface area contributed by atoms with E-state index in [0.717, 1.165) is 38.7 Å². The van der Waals surface area contributed by atoms with Crippen molar-refractivity contribution in [3.05, 3.63) is 51.5 Å². The molecule has 0 saturated heterocycles. The number of benzene rings is 2. The summed E-state index contributed by atoms with van der Waals surface area (Å²) in [6.45, 7) is 5.98. The monoisotopic (exact) mass is 397 g/mol. The van der Waals surface area contributed by atoms with Crippen LogP contribution in [0, 0.1) is 0 Å². The Bertz CT molecular complexity index is 649. The van der Waals surface area contributed by atoms with E-state index in [1.807, 2.05) is 43.3 Å². The molecule has 0 radical (unpaired) electrons. The summed E-state index contributed by atoms with van der Waals surface area (Å²) in [5, 5.41) is 4.08. The maximum absolute atomic E-state index is 6.00. The van der Waals surface area contributed by atoms with Crippen LogP contribution < -0.4 is 14.8 Å². The van der Waals surface area contributed by atoms with Crippen molar-refractivity contribution < 1.29 is 9.47 Å². The molecule has 1 N–H and O–H groups in total. The zero-order chi connectivity index (χ0) is 16.7. The molecule has 124 valence electrons. The SMILES string of the molecule is CCCOc1c(Br)cc(CNc2cccc(Cl)c2)cc1OCC. The largest absolute Gasteiger partial charge is 0.490 e. The van der Waals surface area contributed by atoms with Crippen LogP contribution in [0.1, 0.15) is 25.8 Å². The van der Waals surface area contributed by atoms with Crippen molar-refractivity contribution in [2.75, 3.05) is 18.5 Å². The highest BCUT2D eigenvalue weighted by molar-refractivity contribution is 9.10. The van der Waals surface area contributed by atoms with Crippen molar-refractivity contribution in [2.24, 2.45) is 0 Å². The quantitative estimate of drug-likeness (QED) is 0.600. The molecule has 0 saturated carbocycles. The molecule has 0 atom stereocenters. The number of ether oxygens (including phenoxy) is 2. The van der Waals surface area contributed by atoms with Gasteiger partial charge in [0.05, 0.1) is 17.7 Å². The molecular weight excluding hydrogens is 378 g/mol. The fourth-order valence-electron chi connectivity index (χ4n) is 2.13. The van der Waals surface area contributed by atoms with E-state index in [2.05, 4.69) is 28.2 Å². The second-order valence-electron chi connectivity index (χ2n) is 5.05. The van der Waals surface area contributed by atoms with Crippen molar-refractivity contribution in [1.29, 1.82) is 0 Å². The minimum Gasteiger partial charge on any atom is -0.490 e. The lowest BCUT2D eigenvalue weighted by atomic mass is 10.2. The third-order valence-corrected chi connectivity index (χ3v) is 3.97. The second-order valence-corrected chi connectivity index (χ2v) is 6.34. The Morgan fingerprint density at radius 3 is 2.65 bits per heavy atom. The molecule has 0 aromatic heterocycles. The van der Waals surface area contributed by atoms with Gasteiger partial charge >= 0.3 is 0 Å². The molecule has 0 aliphatic carbocycles. The van der Waals surface area contributed by atoms with E-state index in [-0.39, 0.29) is 0 Å². The van der Waals surface area contributed by atoms with Crippen LogP contribution in [0.15, 0.2) is 40.9 Å². The smallest absolute Gasteiger partial charge is 0.175 e. The molecule has 0 fully saturated rings. The lowest BCUT2D eigenvalue weighted by molar-refractivity contribution is 0.275. The van der Waals surface area contributed by atoms with Crippen LogP contribution >= 0.6 is 27.5 Å². The average molecular weight is 399 g/mol. The topological polar surface area (TPSA) is 30.5 Å². The Hall–Kier alpha value is -1.39. The summed E-state index contributed by atoms with van der Waals surface area (Å²) < 4.78 is 12.4. The molecule has 0 spiro atoms. The summed E-state index contributed by atoms with van der Waals surface area (Å²) in [6.07, 6.45) is 0.954. The van der Waals surface area contributed by atoms with E-state index in [1.54, 1.807) is 0 Å². The third kappa shape index (κ3) is 5.33. The first-order chi connectivity index (χ1) is 11.1. The Morgan fingerprint density at radius 2 is 1.96 bits per heavy atom. The Morgan fingerprint density at radius 1 is 1.13 bits per heavy atom. The summed E-state index contributed by atoms with van der Waals surface area (Å²) >= 11 is 9.59. The molecule has 0 amide bonds. The molecule has 0 bridgehead atoms. The van der Waals surface area contributed by atoms with Crippen LogP contribution in [0.5, 0.6) is 11.5 Å². The van der Waals surface area contributed by atoms with Gasteiger partial charge in [0.2, 0.25) is 0 Å². The van der Waals surface area contributed by atoms with Gasteiger partial charge in [0.1, 0.15) is 0 Å². The molecular formula is C18H21BrClNO2. The summed E-state index contributed by atoms with van der Waals surface area (Å²) in [6, 6.07) is 11.7. The Kier molecular flexibility index (Phi) is 7.06. The lowest BCUT2D eigenvalue weighted by Gasteiger charge is -2.15. The van der Waals surface area contributed by atoms with Gasteiger partial charge < -0.3 is 14.8 Å². The maximum Gasteiger partial charge on any atom is 0.175 e. The molecule has 2 aromatic rings. The van der Waals surface area contributed by atoms with Crippen LogP contribution in [0.4, 0.5) is 5.69 Å². The van der Waals surface area contributed by atoms with Crippen molar-refractivity contribution >= 4 is 33.2 Å². The molecule has 23 heavy (non-hydrogen) atoms. The highest BCUT2D eigenvalue weighted by Crippen LogP contribution is 2.37.